The number of allylic oxidation sites excluding steroid dienone is 1. The van der Waals surface area contributed by atoms with E-state index < -0.39 is 16.1 Å². The van der Waals surface area contributed by atoms with Crippen LogP contribution in [-0.4, -0.2) is 20.2 Å². The van der Waals surface area contributed by atoms with Crippen LogP contribution in [-0.2, 0) is 14.8 Å². The monoisotopic (exact) mass is 279 g/mol. The van der Waals surface area contributed by atoms with Gasteiger partial charge in [-0.3, -0.25) is 4.79 Å². The summed E-state index contributed by atoms with van der Waals surface area (Å²) >= 11 is 0. The Balaban J connectivity index is 2.15. The van der Waals surface area contributed by atoms with Gasteiger partial charge in [-0.25, -0.2) is 13.1 Å². The number of benzene rings is 1. The maximum absolute atomic E-state index is 12.2. The van der Waals surface area contributed by atoms with Crippen molar-refractivity contribution in [1.82, 2.24) is 4.72 Å². The van der Waals surface area contributed by atoms with Gasteiger partial charge in [-0.2, -0.15) is 0 Å². The minimum absolute atomic E-state index is 0.0326. The molecule has 1 aromatic carbocycles. The fourth-order valence-corrected chi connectivity index (χ4v) is 3.44. The minimum Gasteiger partial charge on any atom is -0.298 e. The molecule has 0 aliphatic heterocycles. The van der Waals surface area contributed by atoms with E-state index in [1.54, 1.807) is 30.3 Å². The van der Waals surface area contributed by atoms with Crippen molar-refractivity contribution >= 4 is 15.8 Å². The molecule has 0 saturated heterocycles. The van der Waals surface area contributed by atoms with E-state index in [0.29, 0.717) is 12.8 Å². The molecule has 1 fully saturated rings. The third-order valence-electron chi connectivity index (χ3n) is 3.36. The van der Waals surface area contributed by atoms with Crippen molar-refractivity contribution in [2.24, 2.45) is 5.92 Å². The van der Waals surface area contributed by atoms with Crippen molar-refractivity contribution in [3.8, 4) is 0 Å². The number of Topliss-reactive ketones (excluding diaryl/α,β-unsaturated/α-hetero) is 1. The van der Waals surface area contributed by atoms with Crippen LogP contribution in [0.3, 0.4) is 0 Å². The molecule has 0 amide bonds. The first kappa shape index (κ1) is 14.0. The highest BCUT2D eigenvalue weighted by molar-refractivity contribution is 7.89. The molecule has 1 saturated carbocycles. The predicted octanol–water partition coefficient (Wildman–Crippen LogP) is 1.81. The summed E-state index contributed by atoms with van der Waals surface area (Å²) in [7, 11) is -3.63. The largest absolute Gasteiger partial charge is 0.298 e. The number of rotatable bonds is 5. The van der Waals surface area contributed by atoms with Gasteiger partial charge in [0.25, 0.3) is 0 Å². The molecule has 4 nitrogen and oxygen atoms in total. The molecule has 0 radical (unpaired) electrons. The van der Waals surface area contributed by atoms with E-state index in [9.17, 15) is 13.2 Å². The average Bonchev–Trinajstić information content (AvgIpc) is 2.37. The second-order valence-corrected chi connectivity index (χ2v) is 6.58. The number of hydrogen-bond acceptors (Lipinski definition) is 3. The van der Waals surface area contributed by atoms with Crippen molar-refractivity contribution in [2.75, 3.05) is 0 Å². The smallest absolute Gasteiger partial charge is 0.241 e. The molecule has 2 unspecified atom stereocenters. The zero-order chi connectivity index (χ0) is 14.0. The van der Waals surface area contributed by atoms with Crippen LogP contribution < -0.4 is 4.72 Å². The molecule has 0 spiro atoms. The first-order valence-corrected chi connectivity index (χ1v) is 7.65. The first-order valence-electron chi connectivity index (χ1n) is 6.16. The molecule has 102 valence electrons. The summed E-state index contributed by atoms with van der Waals surface area (Å²) in [6.45, 7) is 5.51. The zero-order valence-corrected chi connectivity index (χ0v) is 11.6. The van der Waals surface area contributed by atoms with E-state index in [1.165, 1.54) is 0 Å². The van der Waals surface area contributed by atoms with Gasteiger partial charge in [0.05, 0.1) is 10.9 Å². The minimum atomic E-state index is -3.63. The van der Waals surface area contributed by atoms with E-state index in [1.807, 2.05) is 6.92 Å². The number of hydrogen-bond donors (Lipinski definition) is 1. The Hall–Kier alpha value is -1.46. The van der Waals surface area contributed by atoms with Crippen LogP contribution in [0.1, 0.15) is 18.4 Å². The number of nitrogens with one attached hydrogen (secondary N) is 1. The summed E-state index contributed by atoms with van der Waals surface area (Å²) in [6.07, 6.45) is 2.78. The van der Waals surface area contributed by atoms with Crippen molar-refractivity contribution < 1.29 is 13.2 Å². The maximum atomic E-state index is 12.2. The van der Waals surface area contributed by atoms with E-state index in [2.05, 4.69) is 11.3 Å². The van der Waals surface area contributed by atoms with E-state index in [-0.39, 0.29) is 16.6 Å². The van der Waals surface area contributed by atoms with E-state index in [0.717, 1.165) is 5.56 Å². The molecule has 1 aromatic rings. The molecule has 5 heteroatoms. The maximum Gasteiger partial charge on any atom is 0.241 e. The van der Waals surface area contributed by atoms with Crippen molar-refractivity contribution in [3.05, 3.63) is 42.5 Å². The highest BCUT2D eigenvalue weighted by Crippen LogP contribution is 2.28. The third-order valence-corrected chi connectivity index (χ3v) is 4.82. The molecule has 19 heavy (non-hydrogen) atoms. The van der Waals surface area contributed by atoms with Gasteiger partial charge in [-0.15, -0.1) is 6.58 Å². The van der Waals surface area contributed by atoms with Gasteiger partial charge in [0.15, 0.2) is 5.78 Å². The van der Waals surface area contributed by atoms with Gasteiger partial charge < -0.3 is 0 Å². The Morgan fingerprint density at radius 2 is 2.00 bits per heavy atom. The third kappa shape index (κ3) is 2.93. The number of carbonyl (C=O) groups is 1. The second-order valence-electron chi connectivity index (χ2n) is 4.87. The Labute approximate surface area is 113 Å². The fourth-order valence-electron chi connectivity index (χ4n) is 2.15. The van der Waals surface area contributed by atoms with Gasteiger partial charge in [-0.05, 0) is 31.4 Å². The summed E-state index contributed by atoms with van der Waals surface area (Å²) in [6, 6.07) is 5.95. The lowest BCUT2D eigenvalue weighted by molar-refractivity contribution is -0.129. The highest BCUT2D eigenvalue weighted by atomic mass is 32.2. The summed E-state index contributed by atoms with van der Waals surface area (Å²) < 4.78 is 26.8. The number of ketones is 1. The van der Waals surface area contributed by atoms with Gasteiger partial charge in [-0.1, -0.05) is 23.8 Å². The molecule has 0 aromatic heterocycles. The Morgan fingerprint density at radius 3 is 2.53 bits per heavy atom. The molecule has 0 heterocycles. The fraction of sp³-hybridized carbons (Fsp3) is 0.357. The standard InChI is InChI=1S/C14H17NO3S/c1-3-4-11-9-13(16)14(11)15-19(17,18)12-7-5-10(2)6-8-12/h3,5-8,11,14-15H,1,4,9H2,2H3. The van der Waals surface area contributed by atoms with Crippen LogP contribution in [0.15, 0.2) is 41.8 Å². The summed E-state index contributed by atoms with van der Waals surface area (Å²) in [4.78, 5) is 11.7. The predicted molar refractivity (Wildman–Crippen MR) is 73.2 cm³/mol. The van der Waals surface area contributed by atoms with Crippen LogP contribution >= 0.6 is 0 Å². The van der Waals surface area contributed by atoms with Gasteiger partial charge in [0, 0.05) is 6.42 Å². The van der Waals surface area contributed by atoms with Gasteiger partial charge >= 0.3 is 0 Å². The van der Waals surface area contributed by atoms with Gasteiger partial charge in [0.2, 0.25) is 10.0 Å². The van der Waals surface area contributed by atoms with Gasteiger partial charge in [0.1, 0.15) is 0 Å². The van der Waals surface area contributed by atoms with Crippen LogP contribution in [0.25, 0.3) is 0 Å². The van der Waals surface area contributed by atoms with Crippen LogP contribution in [0.5, 0.6) is 0 Å². The molecule has 1 N–H and O–H groups in total. The first-order chi connectivity index (χ1) is 8.94. The average molecular weight is 279 g/mol. The molecule has 1 aliphatic carbocycles. The summed E-state index contributed by atoms with van der Waals surface area (Å²) in [5, 5.41) is 0. The summed E-state index contributed by atoms with van der Waals surface area (Å²) in [5.74, 6) is -0.0206. The van der Waals surface area contributed by atoms with Crippen LogP contribution in [0.2, 0.25) is 0 Å². The van der Waals surface area contributed by atoms with E-state index >= 15 is 0 Å². The van der Waals surface area contributed by atoms with Crippen LogP contribution in [0, 0.1) is 12.8 Å². The van der Waals surface area contributed by atoms with E-state index in [4.69, 9.17) is 0 Å². The number of sulfonamides is 1. The summed E-state index contributed by atoms with van der Waals surface area (Å²) in [5.41, 5.74) is 0.989. The molecule has 1 aliphatic rings. The molecule has 2 rings (SSSR count). The van der Waals surface area contributed by atoms with Crippen molar-refractivity contribution in [3.63, 3.8) is 0 Å². The van der Waals surface area contributed by atoms with Crippen LogP contribution in [0.4, 0.5) is 0 Å². The number of carbonyl (C=O) groups excluding carboxylic acids is 1. The Kier molecular flexibility index (Phi) is 3.87. The lowest BCUT2D eigenvalue weighted by atomic mass is 9.77. The zero-order valence-electron chi connectivity index (χ0n) is 10.8. The normalized spacial score (nSPS) is 22.9. The highest BCUT2D eigenvalue weighted by Gasteiger charge is 2.41. The number of aryl methyl sites for hydroxylation is 1. The Morgan fingerprint density at radius 1 is 1.37 bits per heavy atom. The lowest BCUT2D eigenvalue weighted by Gasteiger charge is -2.34. The lowest BCUT2D eigenvalue weighted by Crippen LogP contribution is -2.54. The molecular weight excluding hydrogens is 262 g/mol. The SMILES string of the molecule is C=CCC1CC(=O)C1NS(=O)(=O)c1ccc(C)cc1. The van der Waals surface area contributed by atoms with Crippen molar-refractivity contribution in [1.29, 1.82) is 0 Å². The molecule has 2 atom stereocenters. The molecule has 0 bridgehead atoms. The molecular formula is C14H17NO3S. The topological polar surface area (TPSA) is 63.2 Å². The van der Waals surface area contributed by atoms with Crippen molar-refractivity contribution in [2.45, 2.75) is 30.7 Å². The Bertz CT molecular complexity index is 588. The second kappa shape index (κ2) is 5.27. The quantitative estimate of drug-likeness (QED) is 0.836.